The van der Waals surface area contributed by atoms with Crippen LogP contribution >= 0.6 is 0 Å². The van der Waals surface area contributed by atoms with Gasteiger partial charge in [0.1, 0.15) is 134 Å². The zero-order valence-electron chi connectivity index (χ0n) is 40.9. The summed E-state index contributed by atoms with van der Waals surface area (Å²) < 4.78 is 58.5. The molecule has 5 fully saturated rings. The van der Waals surface area contributed by atoms with E-state index in [1.165, 1.54) is 6.92 Å². The van der Waals surface area contributed by atoms with Gasteiger partial charge in [-0.05, 0) is 6.92 Å². The first-order chi connectivity index (χ1) is 35.3. The third-order valence-electron chi connectivity index (χ3n) is 13.2. The number of amides is 3. The average molecular weight is 1100 g/mol. The fraction of sp³-hybridized carbons (Fsp3) is 0.929. The van der Waals surface area contributed by atoms with Crippen molar-refractivity contribution in [3.05, 3.63) is 0 Å². The van der Waals surface area contributed by atoms with E-state index in [4.69, 9.17) is 47.4 Å². The van der Waals surface area contributed by atoms with Crippen molar-refractivity contribution in [2.45, 2.75) is 205 Å². The summed E-state index contributed by atoms with van der Waals surface area (Å²) in [6, 6.07) is -5.12. The van der Waals surface area contributed by atoms with Gasteiger partial charge < -0.3 is 150 Å². The Hall–Kier alpha value is -2.67. The molecule has 20 N–H and O–H groups in total. The topological polar surface area (TPSA) is 524 Å². The van der Waals surface area contributed by atoms with E-state index in [0.29, 0.717) is 0 Å². The molecular weight excluding hydrogens is 1030 g/mol. The lowest BCUT2D eigenvalue weighted by molar-refractivity contribution is -0.396. The smallest absolute Gasteiger partial charge is 0.217 e. The monoisotopic (exact) mass is 1100 g/mol. The number of ether oxygens (including phenoxy) is 10. The minimum atomic E-state index is -2.35. The van der Waals surface area contributed by atoms with E-state index in [9.17, 15) is 101 Å². The van der Waals surface area contributed by atoms with Crippen molar-refractivity contribution in [1.29, 1.82) is 0 Å². The quantitative estimate of drug-likeness (QED) is 0.0479. The van der Waals surface area contributed by atoms with E-state index in [0.717, 1.165) is 20.8 Å². The molecule has 0 radical (unpaired) electrons. The van der Waals surface area contributed by atoms with Gasteiger partial charge in [0.15, 0.2) is 31.5 Å². The normalized spacial score (nSPS) is 44.2. The van der Waals surface area contributed by atoms with Crippen LogP contribution in [0, 0.1) is 0 Å². The second-order valence-corrected chi connectivity index (χ2v) is 18.8. The maximum atomic E-state index is 12.8. The molecule has 33 nitrogen and oxygen atoms in total. The number of hydrogen-bond acceptors (Lipinski definition) is 30. The summed E-state index contributed by atoms with van der Waals surface area (Å²) in [6.07, 6.45) is -50.5. The zero-order chi connectivity index (χ0) is 55.9. The lowest BCUT2D eigenvalue weighted by atomic mass is 9.94. The highest BCUT2D eigenvalue weighted by atomic mass is 16.8. The van der Waals surface area contributed by atoms with Crippen molar-refractivity contribution in [2.75, 3.05) is 39.6 Å². The van der Waals surface area contributed by atoms with Gasteiger partial charge in [0.2, 0.25) is 17.7 Å². The number of aliphatic hydroxyl groups excluding tert-OH is 17. The fourth-order valence-electron chi connectivity index (χ4n) is 9.14. The SMILES string of the molecule is CC(=O)N[C@H]1[C@H](OC[C@@H](O)[C@H](O)[C@H](O[C@@H]2O[C@H](CO)[C@H](O)[C@H](O[C@H]3O[C@H](CO)[C@H](O)[C@H](O[C@H]4O[C@H](CO)[C@H](O)[C@H](O)[C@H]4O)[C@H]3NC(C)=O)[C@H]2O[C@H]2O[C@H](C)[C@H](O)[C@H](O)[C@H]2O)[C@H](CO)NC(C)=O)O[C@H](CO)[C@@H](O)[C@@H]1O. The molecule has 436 valence electrons. The molecule has 33 heteroatoms. The van der Waals surface area contributed by atoms with E-state index >= 15 is 0 Å². The van der Waals surface area contributed by atoms with Crippen molar-refractivity contribution in [1.82, 2.24) is 16.0 Å². The second-order valence-electron chi connectivity index (χ2n) is 18.8. The molecule has 0 aliphatic carbocycles. The van der Waals surface area contributed by atoms with Crippen molar-refractivity contribution in [2.24, 2.45) is 0 Å². The predicted octanol–water partition coefficient (Wildman–Crippen LogP) is -13.0. The van der Waals surface area contributed by atoms with Crippen molar-refractivity contribution >= 4 is 17.7 Å². The summed E-state index contributed by atoms with van der Waals surface area (Å²) in [4.78, 5) is 37.4. The summed E-state index contributed by atoms with van der Waals surface area (Å²) in [5.74, 6) is -2.49. The number of hydrogen-bond donors (Lipinski definition) is 20. The molecule has 0 bridgehead atoms. The molecule has 0 aromatic carbocycles. The molecule has 29 atom stereocenters. The third kappa shape index (κ3) is 14.8. The first-order valence-electron chi connectivity index (χ1n) is 23.9. The van der Waals surface area contributed by atoms with Crippen LogP contribution in [0.15, 0.2) is 0 Å². The Morgan fingerprint density at radius 1 is 0.480 bits per heavy atom. The number of aliphatic hydroxyl groups is 17. The fourth-order valence-corrected chi connectivity index (χ4v) is 9.14. The van der Waals surface area contributed by atoms with Crippen LogP contribution in [0.5, 0.6) is 0 Å². The van der Waals surface area contributed by atoms with E-state index < -0.39 is 235 Å². The molecular formula is C42H73N3O30. The van der Waals surface area contributed by atoms with Gasteiger partial charge in [-0.3, -0.25) is 14.4 Å². The molecule has 0 aromatic rings. The minimum absolute atomic E-state index is 0.738. The van der Waals surface area contributed by atoms with Gasteiger partial charge in [0.05, 0.1) is 51.8 Å². The highest BCUT2D eigenvalue weighted by Gasteiger charge is 2.57. The van der Waals surface area contributed by atoms with Gasteiger partial charge in [-0.2, -0.15) is 0 Å². The number of rotatable bonds is 22. The Morgan fingerprint density at radius 2 is 0.920 bits per heavy atom. The summed E-state index contributed by atoms with van der Waals surface area (Å²) in [6.45, 7) is -1.77. The highest BCUT2D eigenvalue weighted by Crippen LogP contribution is 2.37. The van der Waals surface area contributed by atoms with E-state index in [1.54, 1.807) is 0 Å². The largest absolute Gasteiger partial charge is 0.394 e. The Labute approximate surface area is 426 Å². The number of carbonyl (C=O) groups is 3. The maximum Gasteiger partial charge on any atom is 0.217 e. The van der Waals surface area contributed by atoms with Gasteiger partial charge in [0, 0.05) is 20.8 Å². The summed E-state index contributed by atoms with van der Waals surface area (Å²) in [5.41, 5.74) is 0. The van der Waals surface area contributed by atoms with Gasteiger partial charge in [-0.25, -0.2) is 0 Å². The van der Waals surface area contributed by atoms with Crippen LogP contribution in [0.3, 0.4) is 0 Å². The molecule has 0 unspecified atom stereocenters. The van der Waals surface area contributed by atoms with Crippen molar-refractivity contribution in [3.63, 3.8) is 0 Å². The first-order valence-corrected chi connectivity index (χ1v) is 23.9. The molecule has 0 saturated carbocycles. The average Bonchev–Trinajstić information content (AvgIpc) is 3.37. The lowest BCUT2D eigenvalue weighted by Gasteiger charge is -2.51. The van der Waals surface area contributed by atoms with Gasteiger partial charge in [0.25, 0.3) is 0 Å². The van der Waals surface area contributed by atoms with E-state index in [1.807, 2.05) is 0 Å². The van der Waals surface area contributed by atoms with E-state index in [2.05, 4.69) is 16.0 Å². The molecule has 5 saturated heterocycles. The molecule has 0 spiro atoms. The predicted molar refractivity (Wildman–Crippen MR) is 235 cm³/mol. The maximum absolute atomic E-state index is 12.8. The first kappa shape index (κ1) is 63.2. The van der Waals surface area contributed by atoms with Crippen molar-refractivity contribution in [3.8, 4) is 0 Å². The molecule has 5 heterocycles. The van der Waals surface area contributed by atoms with Gasteiger partial charge in [-0.15, -0.1) is 0 Å². The molecule has 0 aromatic heterocycles. The minimum Gasteiger partial charge on any atom is -0.394 e. The highest BCUT2D eigenvalue weighted by molar-refractivity contribution is 5.74. The Kier molecular flexibility index (Phi) is 23.5. The second kappa shape index (κ2) is 28.0. The van der Waals surface area contributed by atoms with Crippen LogP contribution in [0.2, 0.25) is 0 Å². The summed E-state index contributed by atoms with van der Waals surface area (Å²) in [7, 11) is 0. The zero-order valence-corrected chi connectivity index (χ0v) is 40.9. The lowest BCUT2D eigenvalue weighted by Crippen LogP contribution is -2.70. The van der Waals surface area contributed by atoms with E-state index in [-0.39, 0.29) is 0 Å². The van der Waals surface area contributed by atoms with Crippen LogP contribution in [0.25, 0.3) is 0 Å². The number of carbonyl (C=O) groups excluding carboxylic acids is 3. The van der Waals surface area contributed by atoms with Crippen LogP contribution in [0.4, 0.5) is 0 Å². The molecule has 5 rings (SSSR count). The van der Waals surface area contributed by atoms with Crippen LogP contribution in [0.1, 0.15) is 27.7 Å². The van der Waals surface area contributed by atoms with Crippen LogP contribution in [-0.2, 0) is 61.8 Å². The van der Waals surface area contributed by atoms with Gasteiger partial charge in [-0.1, -0.05) is 0 Å². The molecule has 5 aliphatic rings. The van der Waals surface area contributed by atoms with Crippen molar-refractivity contribution < 1.29 is 149 Å². The molecule has 3 amide bonds. The standard InChI is InChI=1S/C42H73N3O30/c1-11-23(55)30(62)32(64)40(67-11)75-37-36(74-39-22(45-14(4)53)35(27(59)19(8-49)69-39)73-41-33(65)31(63)26(58)18(7-48)70-41)28(60)20(9-50)71-42(37)72-34(15(5-46)43-12(2)51)24(56)16(54)10-66-38-21(44-13(3)52)29(61)25(57)17(6-47)68-38/h11,15-42,46-50,54-65H,5-10H2,1-4H3,(H,43,51)(H,44,52)(H,45,53)/t11-,15+,16-,17-,18-,19-,20-,21-,22-,23+,24+,25-,26+,27+,28+,29-,30+,31+,32-,33-,34-,35-,36+,37-,38-,39-,40-,41-,42+/m1/s1. The van der Waals surface area contributed by atoms with Crippen LogP contribution < -0.4 is 16.0 Å². The molecule has 5 aliphatic heterocycles. The summed E-state index contributed by atoms with van der Waals surface area (Å²) in [5, 5.41) is 190. The Morgan fingerprint density at radius 3 is 1.45 bits per heavy atom. The van der Waals surface area contributed by atoms with Gasteiger partial charge >= 0.3 is 0 Å². The van der Waals surface area contributed by atoms with Crippen LogP contribution in [-0.4, -0.2) is 322 Å². The number of nitrogens with one attached hydrogen (secondary N) is 3. The molecule has 75 heavy (non-hydrogen) atoms. The summed E-state index contributed by atoms with van der Waals surface area (Å²) >= 11 is 0. The Balaban J connectivity index is 1.56. The Bertz CT molecular complexity index is 1800. The third-order valence-corrected chi connectivity index (χ3v) is 13.2.